The second-order valence-electron chi connectivity index (χ2n) is 6.59. The van der Waals surface area contributed by atoms with E-state index in [9.17, 15) is 0 Å². The molecule has 0 atom stereocenters. The van der Waals surface area contributed by atoms with Crippen molar-refractivity contribution in [3.8, 4) is 11.1 Å². The zero-order valence-corrected chi connectivity index (χ0v) is 19.0. The van der Waals surface area contributed by atoms with Crippen LogP contribution >= 0.6 is 34.8 Å². The molecule has 31 heavy (non-hydrogen) atoms. The molecule has 0 fully saturated rings. The number of nitrogens with one attached hydrogen (secondary N) is 2. The molecule has 0 aliphatic heterocycles. The normalized spacial score (nSPS) is 10.5. The lowest BCUT2D eigenvalue weighted by atomic mass is 9.99. The van der Waals surface area contributed by atoms with Crippen molar-refractivity contribution in [2.45, 2.75) is 0 Å². The summed E-state index contributed by atoms with van der Waals surface area (Å²) in [7, 11) is 0. The molecule has 8 heteroatoms. The van der Waals surface area contributed by atoms with E-state index in [0.717, 1.165) is 38.6 Å². The molecule has 1 aromatic heterocycles. The maximum absolute atomic E-state index is 6.30. The van der Waals surface area contributed by atoms with Crippen molar-refractivity contribution in [2.75, 3.05) is 18.4 Å². The molecule has 6 N–H and O–H groups in total. The molecule has 0 bridgehead atoms. The van der Waals surface area contributed by atoms with Gasteiger partial charge in [0, 0.05) is 39.1 Å². The van der Waals surface area contributed by atoms with Gasteiger partial charge in [0.15, 0.2) is 5.96 Å². The van der Waals surface area contributed by atoms with E-state index in [4.69, 9.17) is 46.3 Å². The molecule has 0 spiro atoms. The molecule has 3 aromatic carbocycles. The minimum absolute atomic E-state index is 0.0689. The van der Waals surface area contributed by atoms with Crippen molar-refractivity contribution in [1.82, 2.24) is 4.98 Å². The van der Waals surface area contributed by atoms with Crippen molar-refractivity contribution in [1.29, 1.82) is 0 Å². The van der Waals surface area contributed by atoms with E-state index < -0.39 is 0 Å². The van der Waals surface area contributed by atoms with E-state index in [2.05, 4.69) is 34.5 Å². The van der Waals surface area contributed by atoms with Gasteiger partial charge in [0.25, 0.3) is 0 Å². The minimum Gasteiger partial charge on any atom is -0.383 e. The van der Waals surface area contributed by atoms with Gasteiger partial charge in [-0.15, -0.1) is 13.2 Å². The predicted molar refractivity (Wildman–Crippen MR) is 137 cm³/mol. The van der Waals surface area contributed by atoms with E-state index in [-0.39, 0.29) is 5.96 Å². The van der Waals surface area contributed by atoms with Gasteiger partial charge in [-0.3, -0.25) is 4.99 Å². The number of halogens is 3. The molecular weight excluding hydrogens is 453 g/mol. The van der Waals surface area contributed by atoms with Crippen molar-refractivity contribution in [3.63, 3.8) is 0 Å². The number of rotatable bonds is 5. The average molecular weight is 475 g/mol. The van der Waals surface area contributed by atoms with E-state index >= 15 is 0 Å². The van der Waals surface area contributed by atoms with Crippen LogP contribution in [0.5, 0.6) is 0 Å². The molecule has 5 nitrogen and oxygen atoms in total. The molecular formula is C23H22Cl3N5. The summed E-state index contributed by atoms with van der Waals surface area (Å²) in [5.74, 6) is 0.0689. The Kier molecular flexibility index (Phi) is 7.33. The Balaban J connectivity index is 0.00000132. The lowest BCUT2D eigenvalue weighted by Gasteiger charge is -2.14. The van der Waals surface area contributed by atoms with Crippen LogP contribution in [0.3, 0.4) is 0 Å². The maximum atomic E-state index is 6.30. The number of aliphatic imine (C=N–C) groups is 1. The lowest BCUT2D eigenvalue weighted by Crippen LogP contribution is -2.24. The third-order valence-electron chi connectivity index (χ3n) is 4.67. The van der Waals surface area contributed by atoms with Crippen LogP contribution in [-0.2, 0) is 0 Å². The van der Waals surface area contributed by atoms with E-state index in [1.165, 1.54) is 0 Å². The summed E-state index contributed by atoms with van der Waals surface area (Å²) in [6, 6.07) is 15.5. The SMILES string of the molecule is C=C.NC(N)=NCCNc1ccc2c([nH]c3ccc(Cl)cc32)c1-c1ccc(Cl)c(Cl)c1. The summed E-state index contributed by atoms with van der Waals surface area (Å²) in [4.78, 5) is 7.54. The molecule has 0 saturated heterocycles. The first kappa shape index (κ1) is 22.8. The van der Waals surface area contributed by atoms with Gasteiger partial charge in [-0.05, 0) is 42.0 Å². The van der Waals surface area contributed by atoms with Crippen LogP contribution in [0, 0.1) is 0 Å². The van der Waals surface area contributed by atoms with E-state index in [0.29, 0.717) is 28.2 Å². The Labute approximate surface area is 195 Å². The minimum atomic E-state index is 0.0689. The molecule has 0 aliphatic rings. The van der Waals surface area contributed by atoms with Crippen molar-refractivity contribution in [3.05, 3.63) is 76.8 Å². The molecule has 0 saturated carbocycles. The number of hydrogen-bond donors (Lipinski definition) is 4. The smallest absolute Gasteiger partial charge is 0.185 e. The summed E-state index contributed by atoms with van der Waals surface area (Å²) in [5.41, 5.74) is 15.7. The van der Waals surface area contributed by atoms with Crippen molar-refractivity contribution in [2.24, 2.45) is 16.5 Å². The number of nitrogens with zero attached hydrogens (tertiary/aromatic N) is 1. The highest BCUT2D eigenvalue weighted by molar-refractivity contribution is 6.42. The summed E-state index contributed by atoms with van der Waals surface area (Å²) in [6.07, 6.45) is 0. The topological polar surface area (TPSA) is 92.2 Å². The fourth-order valence-electron chi connectivity index (χ4n) is 3.41. The van der Waals surface area contributed by atoms with Crippen LogP contribution in [0.15, 0.2) is 66.7 Å². The second-order valence-corrected chi connectivity index (χ2v) is 7.84. The molecule has 160 valence electrons. The molecule has 4 rings (SSSR count). The van der Waals surface area contributed by atoms with Crippen LogP contribution in [0.4, 0.5) is 5.69 Å². The van der Waals surface area contributed by atoms with Crippen LogP contribution in [-0.4, -0.2) is 24.0 Å². The quantitative estimate of drug-likeness (QED) is 0.116. The highest BCUT2D eigenvalue weighted by Crippen LogP contribution is 2.40. The number of aromatic amines is 1. The number of hydrogen-bond acceptors (Lipinski definition) is 2. The fourth-order valence-corrected chi connectivity index (χ4v) is 3.88. The molecule has 0 aliphatic carbocycles. The number of H-pyrrole nitrogens is 1. The Bertz CT molecular complexity index is 1260. The van der Waals surface area contributed by atoms with Gasteiger partial charge >= 0.3 is 0 Å². The maximum Gasteiger partial charge on any atom is 0.185 e. The molecule has 1 heterocycles. The van der Waals surface area contributed by atoms with Crippen LogP contribution in [0.2, 0.25) is 15.1 Å². The molecule has 0 radical (unpaired) electrons. The largest absolute Gasteiger partial charge is 0.383 e. The van der Waals surface area contributed by atoms with E-state index in [1.807, 2.05) is 36.4 Å². The Morgan fingerprint density at radius 1 is 0.935 bits per heavy atom. The number of benzene rings is 3. The zero-order chi connectivity index (χ0) is 22.5. The van der Waals surface area contributed by atoms with Crippen LogP contribution in [0.25, 0.3) is 32.9 Å². The zero-order valence-electron chi connectivity index (χ0n) is 16.7. The lowest BCUT2D eigenvalue weighted by molar-refractivity contribution is 1.02. The predicted octanol–water partition coefficient (Wildman–Crippen LogP) is 6.44. The summed E-state index contributed by atoms with van der Waals surface area (Å²) in [6.45, 7) is 7.03. The number of aromatic nitrogens is 1. The first-order valence-corrected chi connectivity index (χ1v) is 10.6. The third-order valence-corrected chi connectivity index (χ3v) is 5.64. The molecule has 4 aromatic rings. The Hall–Kier alpha value is -2.86. The van der Waals surface area contributed by atoms with Gasteiger partial charge in [-0.2, -0.15) is 0 Å². The van der Waals surface area contributed by atoms with Crippen LogP contribution < -0.4 is 16.8 Å². The third kappa shape index (κ3) is 4.90. The highest BCUT2D eigenvalue weighted by atomic mass is 35.5. The van der Waals surface area contributed by atoms with Gasteiger partial charge < -0.3 is 21.8 Å². The van der Waals surface area contributed by atoms with Crippen molar-refractivity contribution >= 4 is 68.3 Å². The molecule has 0 amide bonds. The van der Waals surface area contributed by atoms with Gasteiger partial charge in [0.2, 0.25) is 0 Å². The van der Waals surface area contributed by atoms with Gasteiger partial charge in [0.05, 0.1) is 22.1 Å². The summed E-state index contributed by atoms with van der Waals surface area (Å²) in [5, 5.41) is 7.22. The molecule has 0 unspecified atom stereocenters. The number of nitrogens with two attached hydrogens (primary N) is 2. The summed E-state index contributed by atoms with van der Waals surface area (Å²) < 4.78 is 0. The first-order chi connectivity index (χ1) is 14.9. The highest BCUT2D eigenvalue weighted by Gasteiger charge is 2.15. The number of fused-ring (bicyclic) bond motifs is 3. The van der Waals surface area contributed by atoms with Crippen LogP contribution in [0.1, 0.15) is 0 Å². The number of guanidine groups is 1. The monoisotopic (exact) mass is 473 g/mol. The summed E-state index contributed by atoms with van der Waals surface area (Å²) >= 11 is 18.7. The van der Waals surface area contributed by atoms with Crippen molar-refractivity contribution < 1.29 is 0 Å². The first-order valence-electron chi connectivity index (χ1n) is 9.42. The standard InChI is InChI=1S/C21H18Cl3N5.C2H4/c22-12-2-5-17-14(10-12)13-3-6-18(27-7-8-28-21(25)26)19(20(13)29-17)11-1-4-15(23)16(24)9-11;1-2/h1-6,9-10,27,29H,7-8H2,(H4,25,26,28);1-2H2. The average Bonchev–Trinajstić information content (AvgIpc) is 3.12. The van der Waals surface area contributed by atoms with Gasteiger partial charge in [0.1, 0.15) is 0 Å². The Morgan fingerprint density at radius 3 is 2.42 bits per heavy atom. The van der Waals surface area contributed by atoms with E-state index in [1.54, 1.807) is 6.07 Å². The Morgan fingerprint density at radius 2 is 1.71 bits per heavy atom. The fraction of sp³-hybridized carbons (Fsp3) is 0.0870. The number of anilines is 1. The van der Waals surface area contributed by atoms with Gasteiger partial charge in [-0.25, -0.2) is 0 Å². The second kappa shape index (κ2) is 9.96. The van der Waals surface area contributed by atoms with Gasteiger partial charge in [-0.1, -0.05) is 46.9 Å².